The molecule has 0 atom stereocenters. The van der Waals surface area contributed by atoms with Crippen LogP contribution in [0.2, 0.25) is 0 Å². The molecule has 0 spiro atoms. The normalized spacial score (nSPS) is 15.2. The average molecular weight is 344 g/mol. The molecule has 1 aliphatic heterocycles. The van der Waals surface area contributed by atoms with E-state index in [1.165, 1.54) is 18.2 Å². The first-order valence-electron chi connectivity index (χ1n) is 5.88. The van der Waals surface area contributed by atoms with Crippen LogP contribution >= 0.6 is 0 Å². The fraction of sp³-hybridized carbons (Fsp3) is 0.0833. The lowest BCUT2D eigenvalue weighted by Gasteiger charge is -2.06. The van der Waals surface area contributed by atoms with Crippen LogP contribution in [0, 0.1) is 11.3 Å². The molecule has 0 unspecified atom stereocenters. The maximum atomic E-state index is 13.2. The number of halogens is 2. The minimum Gasteiger partial charge on any atom is -0.395 e. The number of ether oxygens (including phenoxy) is 2. The van der Waals surface area contributed by atoms with E-state index < -0.39 is 22.6 Å². The van der Waals surface area contributed by atoms with Gasteiger partial charge < -0.3 is 18.6 Å². The van der Waals surface area contributed by atoms with Gasteiger partial charge in [-0.25, -0.2) is 0 Å². The molecule has 0 amide bonds. The highest BCUT2D eigenvalue weighted by molar-refractivity contribution is 7.81. The van der Waals surface area contributed by atoms with E-state index in [-0.39, 0.29) is 28.2 Å². The topological polar surface area (TPSA) is 122 Å². The molecule has 2 heterocycles. The fourth-order valence-corrected chi connectivity index (χ4v) is 2.42. The lowest BCUT2D eigenvalue weighted by atomic mass is 10.0. The number of nitrogens with zero attached hydrogens (tertiary/aromatic N) is 1. The van der Waals surface area contributed by atoms with Gasteiger partial charge in [0.2, 0.25) is 5.88 Å². The first-order valence-corrected chi connectivity index (χ1v) is 7.24. The summed E-state index contributed by atoms with van der Waals surface area (Å²) in [5.41, 5.74) is -0.239. The summed E-state index contributed by atoms with van der Waals surface area (Å²) in [4.78, 5) is 2.32. The molecule has 0 aliphatic carbocycles. The Morgan fingerprint density at radius 1 is 1.30 bits per heavy atom. The maximum absolute atomic E-state index is 13.2. The van der Waals surface area contributed by atoms with E-state index in [9.17, 15) is 17.2 Å². The van der Waals surface area contributed by atoms with Crippen molar-refractivity contribution in [2.24, 2.45) is 0 Å². The van der Waals surface area contributed by atoms with Crippen LogP contribution in [0.15, 0.2) is 24.4 Å². The zero-order valence-electron chi connectivity index (χ0n) is 10.9. The third-order valence-electron chi connectivity index (χ3n) is 2.86. The van der Waals surface area contributed by atoms with Crippen LogP contribution in [0.5, 0.6) is 17.4 Å². The van der Waals surface area contributed by atoms with Crippen LogP contribution < -0.4 is 13.7 Å². The highest BCUT2D eigenvalue weighted by Gasteiger charge is 2.44. The number of aromatic amines is 1. The van der Waals surface area contributed by atoms with Gasteiger partial charge >= 0.3 is 16.7 Å². The number of alkyl halides is 2. The Morgan fingerprint density at radius 3 is 2.70 bits per heavy atom. The van der Waals surface area contributed by atoms with E-state index in [1.54, 1.807) is 6.07 Å². The Kier molecular flexibility index (Phi) is 3.17. The molecule has 11 heteroatoms. The van der Waals surface area contributed by atoms with E-state index in [1.807, 2.05) is 0 Å². The predicted molar refractivity (Wildman–Crippen MR) is 69.3 cm³/mol. The lowest BCUT2D eigenvalue weighted by molar-refractivity contribution is -0.286. The number of hydrogen-bond acceptors (Lipinski definition) is 6. The molecular weight excluding hydrogens is 338 g/mol. The quantitative estimate of drug-likeness (QED) is 0.817. The molecular formula is C12H6F2N2O6S. The molecule has 0 saturated heterocycles. The van der Waals surface area contributed by atoms with E-state index >= 15 is 0 Å². The molecule has 2 aromatic rings. The lowest BCUT2D eigenvalue weighted by Crippen LogP contribution is -2.26. The van der Waals surface area contributed by atoms with Gasteiger partial charge in [-0.15, -0.1) is 8.78 Å². The summed E-state index contributed by atoms with van der Waals surface area (Å²) < 4.78 is 69.5. The highest BCUT2D eigenvalue weighted by Crippen LogP contribution is 2.48. The molecule has 120 valence electrons. The second-order valence-electron chi connectivity index (χ2n) is 4.33. The van der Waals surface area contributed by atoms with Gasteiger partial charge in [-0.1, -0.05) is 12.1 Å². The van der Waals surface area contributed by atoms with Gasteiger partial charge in [0.25, 0.3) is 0 Å². The SMILES string of the molecule is N#Cc1c(-c2cccc3c2OC(F)(F)O3)c[nH]c1OS(=O)(=O)O. The Bertz CT molecular complexity index is 932. The Morgan fingerprint density at radius 2 is 2.04 bits per heavy atom. The molecule has 3 rings (SSSR count). The van der Waals surface area contributed by atoms with Crippen LogP contribution in [0.3, 0.4) is 0 Å². The van der Waals surface area contributed by atoms with Crippen molar-refractivity contribution >= 4 is 10.4 Å². The summed E-state index contributed by atoms with van der Waals surface area (Å²) in [6.45, 7) is 0. The van der Waals surface area contributed by atoms with Crippen LogP contribution in [-0.4, -0.2) is 24.2 Å². The molecule has 1 aromatic heterocycles. The standard InChI is InChI=1S/C12H6F2N2O6S/c13-12(14)20-9-3-1-2-6(10(9)21-12)8-5-16-11(7(8)4-15)22-23(17,18)19/h1-3,5,16H,(H,17,18,19). The number of rotatable bonds is 3. The second kappa shape index (κ2) is 4.83. The summed E-state index contributed by atoms with van der Waals surface area (Å²) in [5, 5.41) is 9.15. The number of H-pyrrole nitrogens is 1. The molecule has 8 nitrogen and oxygen atoms in total. The van der Waals surface area contributed by atoms with Crippen molar-refractivity contribution in [2.75, 3.05) is 0 Å². The smallest absolute Gasteiger partial charge is 0.395 e. The zero-order valence-corrected chi connectivity index (χ0v) is 11.7. The second-order valence-corrected chi connectivity index (χ2v) is 5.35. The van der Waals surface area contributed by atoms with Crippen molar-refractivity contribution in [1.82, 2.24) is 4.98 Å². The largest absolute Gasteiger partial charge is 0.586 e. The fourth-order valence-electron chi connectivity index (χ4n) is 2.08. The number of benzene rings is 1. The van der Waals surface area contributed by atoms with Gasteiger partial charge in [0.1, 0.15) is 11.6 Å². The minimum atomic E-state index is -4.87. The number of fused-ring (bicyclic) bond motifs is 1. The minimum absolute atomic E-state index is 0.0318. The van der Waals surface area contributed by atoms with Crippen molar-refractivity contribution in [2.45, 2.75) is 6.29 Å². The van der Waals surface area contributed by atoms with Crippen LogP contribution in [0.4, 0.5) is 8.78 Å². The van der Waals surface area contributed by atoms with Crippen molar-refractivity contribution in [1.29, 1.82) is 5.26 Å². The van der Waals surface area contributed by atoms with E-state index in [0.29, 0.717) is 0 Å². The maximum Gasteiger partial charge on any atom is 0.586 e. The Balaban J connectivity index is 2.12. The third-order valence-corrected chi connectivity index (χ3v) is 3.24. The van der Waals surface area contributed by atoms with Crippen LogP contribution in [-0.2, 0) is 10.4 Å². The summed E-state index contributed by atoms with van der Waals surface area (Å²) >= 11 is 0. The van der Waals surface area contributed by atoms with Gasteiger partial charge in [0.05, 0.1) is 0 Å². The monoisotopic (exact) mass is 344 g/mol. The molecule has 2 N–H and O–H groups in total. The summed E-state index contributed by atoms with van der Waals surface area (Å²) in [6, 6.07) is 5.66. The molecule has 0 bridgehead atoms. The Labute approximate surface area is 127 Å². The third kappa shape index (κ3) is 2.77. The molecule has 0 radical (unpaired) electrons. The number of nitrogens with one attached hydrogen (secondary N) is 1. The number of para-hydroxylation sites is 1. The average Bonchev–Trinajstić information content (AvgIpc) is 2.94. The van der Waals surface area contributed by atoms with E-state index in [2.05, 4.69) is 18.6 Å². The number of nitriles is 1. The first-order chi connectivity index (χ1) is 10.7. The predicted octanol–water partition coefficient (Wildman–Crippen LogP) is 2.06. The van der Waals surface area contributed by atoms with Crippen LogP contribution in [0.25, 0.3) is 11.1 Å². The van der Waals surface area contributed by atoms with Crippen LogP contribution in [0.1, 0.15) is 5.56 Å². The number of aromatic nitrogens is 1. The number of hydrogen-bond donors (Lipinski definition) is 2. The van der Waals surface area contributed by atoms with Gasteiger partial charge in [-0.05, 0) is 6.07 Å². The molecule has 0 fully saturated rings. The first kappa shape index (κ1) is 15.1. The van der Waals surface area contributed by atoms with E-state index in [4.69, 9.17) is 9.81 Å². The molecule has 1 aromatic carbocycles. The molecule has 23 heavy (non-hydrogen) atoms. The van der Waals surface area contributed by atoms with Crippen molar-refractivity contribution in [3.05, 3.63) is 30.0 Å². The van der Waals surface area contributed by atoms with Crippen molar-refractivity contribution < 1.29 is 35.4 Å². The van der Waals surface area contributed by atoms with Gasteiger partial charge in [0, 0.05) is 17.3 Å². The molecule has 0 saturated carbocycles. The Hall–Kier alpha value is -2.84. The van der Waals surface area contributed by atoms with Gasteiger partial charge in [-0.2, -0.15) is 13.7 Å². The summed E-state index contributed by atoms with van der Waals surface area (Å²) in [7, 11) is -4.87. The highest BCUT2D eigenvalue weighted by atomic mass is 32.3. The summed E-state index contributed by atoms with van der Waals surface area (Å²) in [5.74, 6) is -1.12. The van der Waals surface area contributed by atoms with Crippen molar-refractivity contribution in [3.8, 4) is 34.6 Å². The van der Waals surface area contributed by atoms with Gasteiger partial charge in [0.15, 0.2) is 11.5 Å². The van der Waals surface area contributed by atoms with Crippen molar-refractivity contribution in [3.63, 3.8) is 0 Å². The molecule has 1 aliphatic rings. The zero-order chi connectivity index (χ0) is 16.8. The van der Waals surface area contributed by atoms with E-state index in [0.717, 1.165) is 6.20 Å². The van der Waals surface area contributed by atoms with Gasteiger partial charge in [-0.3, -0.25) is 4.55 Å². The summed E-state index contributed by atoms with van der Waals surface area (Å²) in [6.07, 6.45) is -2.70.